The third-order valence-corrected chi connectivity index (χ3v) is 4.37. The van der Waals surface area contributed by atoms with Crippen molar-refractivity contribution >= 4 is 10.0 Å². The minimum absolute atomic E-state index is 0.126. The van der Waals surface area contributed by atoms with Crippen LogP contribution in [0.2, 0.25) is 0 Å². The summed E-state index contributed by atoms with van der Waals surface area (Å²) in [5, 5.41) is 5.18. The summed E-state index contributed by atoms with van der Waals surface area (Å²) < 4.78 is 28.7. The maximum absolute atomic E-state index is 11.5. The van der Waals surface area contributed by atoms with Crippen LogP contribution in [0.15, 0.2) is 35.2 Å². The number of hydrogen-bond donors (Lipinski definition) is 1. The van der Waals surface area contributed by atoms with E-state index < -0.39 is 10.0 Å². The van der Waals surface area contributed by atoms with Crippen LogP contribution in [0.4, 0.5) is 0 Å². The summed E-state index contributed by atoms with van der Waals surface area (Å²) in [6.07, 6.45) is 0. The number of benzene rings is 1. The molecule has 0 fully saturated rings. The van der Waals surface area contributed by atoms with Crippen molar-refractivity contribution in [3.05, 3.63) is 52.8 Å². The summed E-state index contributed by atoms with van der Waals surface area (Å²) in [5.41, 5.74) is 3.11. The van der Waals surface area contributed by atoms with Crippen LogP contribution < -0.4 is 9.88 Å². The zero-order valence-electron chi connectivity index (χ0n) is 12.3. The Morgan fingerprint density at radius 3 is 2.43 bits per heavy atom. The highest BCUT2D eigenvalue weighted by Crippen LogP contribution is 2.27. The average Bonchev–Trinajstić information content (AvgIpc) is 2.39. The Morgan fingerprint density at radius 2 is 1.81 bits per heavy atom. The van der Waals surface area contributed by atoms with Crippen molar-refractivity contribution in [2.24, 2.45) is 5.14 Å². The molecule has 2 N–H and O–H groups in total. The molecule has 21 heavy (non-hydrogen) atoms. The second kappa shape index (κ2) is 5.83. The van der Waals surface area contributed by atoms with E-state index in [1.54, 1.807) is 13.0 Å². The Labute approximate surface area is 124 Å². The minimum Gasteiger partial charge on any atom is -0.487 e. The smallest absolute Gasteiger partial charge is 0.238 e. The Hall–Kier alpha value is -1.92. The molecule has 0 bridgehead atoms. The van der Waals surface area contributed by atoms with E-state index in [2.05, 4.69) is 4.98 Å². The maximum atomic E-state index is 11.5. The van der Waals surface area contributed by atoms with Gasteiger partial charge in [-0.2, -0.15) is 0 Å². The zero-order chi connectivity index (χ0) is 15.6. The quantitative estimate of drug-likeness (QED) is 0.939. The first-order chi connectivity index (χ1) is 9.79. The molecule has 112 valence electrons. The number of sulfonamides is 1. The van der Waals surface area contributed by atoms with Gasteiger partial charge in [0.2, 0.25) is 10.0 Å². The summed E-state index contributed by atoms with van der Waals surface area (Å²) in [7, 11) is -3.71. The fourth-order valence-corrected chi connectivity index (χ4v) is 2.90. The van der Waals surface area contributed by atoms with Gasteiger partial charge in [-0.3, -0.25) is 4.98 Å². The Morgan fingerprint density at radius 1 is 1.10 bits per heavy atom. The highest BCUT2D eigenvalue weighted by Gasteiger charge is 2.15. The highest BCUT2D eigenvalue weighted by atomic mass is 32.2. The summed E-state index contributed by atoms with van der Waals surface area (Å²) in [4.78, 5) is 4.48. The van der Waals surface area contributed by atoms with Gasteiger partial charge >= 0.3 is 0 Å². The lowest BCUT2D eigenvalue weighted by atomic mass is 10.1. The second-order valence-corrected chi connectivity index (χ2v) is 6.45. The van der Waals surface area contributed by atoms with Crippen molar-refractivity contribution in [2.75, 3.05) is 0 Å². The molecule has 0 unspecified atom stereocenters. The van der Waals surface area contributed by atoms with E-state index in [0.29, 0.717) is 17.9 Å². The second-order valence-electron chi connectivity index (χ2n) is 4.92. The molecule has 6 heteroatoms. The van der Waals surface area contributed by atoms with Gasteiger partial charge < -0.3 is 4.74 Å². The molecule has 0 aliphatic rings. The van der Waals surface area contributed by atoms with Crippen LogP contribution in [-0.4, -0.2) is 13.4 Å². The maximum Gasteiger partial charge on any atom is 0.238 e. The van der Waals surface area contributed by atoms with Crippen molar-refractivity contribution in [2.45, 2.75) is 32.3 Å². The van der Waals surface area contributed by atoms with Crippen molar-refractivity contribution in [3.8, 4) is 5.75 Å². The number of aromatic nitrogens is 1. The van der Waals surface area contributed by atoms with Crippen LogP contribution in [0.5, 0.6) is 5.75 Å². The van der Waals surface area contributed by atoms with Crippen LogP contribution in [0.3, 0.4) is 0 Å². The van der Waals surface area contributed by atoms with Crippen LogP contribution in [0.25, 0.3) is 0 Å². The Balaban J connectivity index is 2.24. The molecule has 2 rings (SSSR count). The van der Waals surface area contributed by atoms with Gasteiger partial charge in [0.25, 0.3) is 0 Å². The number of hydrogen-bond acceptors (Lipinski definition) is 4. The molecule has 1 heterocycles. The first-order valence-corrected chi connectivity index (χ1v) is 8.02. The van der Waals surface area contributed by atoms with Crippen molar-refractivity contribution in [3.63, 3.8) is 0 Å². The third kappa shape index (κ3) is 3.59. The monoisotopic (exact) mass is 306 g/mol. The van der Waals surface area contributed by atoms with Crippen LogP contribution in [-0.2, 0) is 16.6 Å². The number of aryl methyl sites for hydroxylation is 1. The molecule has 0 radical (unpaired) electrons. The van der Waals surface area contributed by atoms with Crippen LogP contribution in [0, 0.1) is 20.8 Å². The van der Waals surface area contributed by atoms with Crippen LogP contribution >= 0.6 is 0 Å². The van der Waals surface area contributed by atoms with E-state index in [1.807, 2.05) is 32.0 Å². The largest absolute Gasteiger partial charge is 0.487 e. The summed E-state index contributed by atoms with van der Waals surface area (Å²) >= 11 is 0. The number of nitrogens with zero attached hydrogens (tertiary/aromatic N) is 1. The molecule has 0 saturated carbocycles. The Bertz CT molecular complexity index is 770. The van der Waals surface area contributed by atoms with E-state index in [9.17, 15) is 8.42 Å². The van der Waals surface area contributed by atoms with Gasteiger partial charge in [-0.15, -0.1) is 0 Å². The molecule has 1 aromatic heterocycles. The van der Waals surface area contributed by atoms with E-state index in [0.717, 1.165) is 17.0 Å². The van der Waals surface area contributed by atoms with Gasteiger partial charge in [-0.1, -0.05) is 6.07 Å². The lowest BCUT2D eigenvalue weighted by Crippen LogP contribution is -2.14. The van der Waals surface area contributed by atoms with Crippen molar-refractivity contribution < 1.29 is 13.2 Å². The summed E-state index contributed by atoms with van der Waals surface area (Å²) in [6, 6.07) is 8.81. The fourth-order valence-electron chi connectivity index (χ4n) is 2.07. The standard InChI is InChI=1S/C15H18N2O3S/c1-10-5-4-6-13(17-10)9-20-14-7-8-15(21(16,18)19)12(3)11(14)2/h4-8H,9H2,1-3H3,(H2,16,18,19). The van der Waals surface area contributed by atoms with Crippen molar-refractivity contribution in [1.29, 1.82) is 0 Å². The number of nitrogens with two attached hydrogens (primary N) is 1. The molecule has 0 amide bonds. The van der Waals surface area contributed by atoms with Gasteiger partial charge in [-0.05, 0) is 56.2 Å². The predicted molar refractivity (Wildman–Crippen MR) is 80.6 cm³/mol. The molecule has 0 saturated heterocycles. The molecule has 2 aromatic rings. The molecule has 5 nitrogen and oxygen atoms in total. The molecule has 0 spiro atoms. The first kappa shape index (κ1) is 15.5. The molecule has 0 atom stereocenters. The van der Waals surface area contributed by atoms with Gasteiger partial charge in [0.1, 0.15) is 12.4 Å². The fraction of sp³-hybridized carbons (Fsp3) is 0.267. The van der Waals surface area contributed by atoms with E-state index in [-0.39, 0.29) is 4.90 Å². The van der Waals surface area contributed by atoms with E-state index in [1.165, 1.54) is 6.07 Å². The van der Waals surface area contributed by atoms with Gasteiger partial charge in [-0.25, -0.2) is 13.6 Å². The topological polar surface area (TPSA) is 82.3 Å². The van der Waals surface area contributed by atoms with Gasteiger partial charge in [0.15, 0.2) is 0 Å². The molecular weight excluding hydrogens is 288 g/mol. The number of pyridine rings is 1. The number of rotatable bonds is 4. The zero-order valence-corrected chi connectivity index (χ0v) is 13.1. The Kier molecular flexibility index (Phi) is 4.29. The van der Waals surface area contributed by atoms with Crippen molar-refractivity contribution in [1.82, 2.24) is 4.98 Å². The molecule has 1 aromatic carbocycles. The average molecular weight is 306 g/mol. The lowest BCUT2D eigenvalue weighted by molar-refractivity contribution is 0.298. The third-order valence-electron chi connectivity index (χ3n) is 3.32. The van der Waals surface area contributed by atoms with Crippen LogP contribution in [0.1, 0.15) is 22.5 Å². The molecule has 0 aliphatic carbocycles. The SMILES string of the molecule is Cc1cccc(COc2ccc(S(N)(=O)=O)c(C)c2C)n1. The normalized spacial score (nSPS) is 11.4. The minimum atomic E-state index is -3.71. The lowest BCUT2D eigenvalue weighted by Gasteiger charge is -2.13. The number of ether oxygens (including phenoxy) is 1. The van der Waals surface area contributed by atoms with Gasteiger partial charge in [0, 0.05) is 5.69 Å². The van der Waals surface area contributed by atoms with E-state index in [4.69, 9.17) is 9.88 Å². The van der Waals surface area contributed by atoms with Gasteiger partial charge in [0.05, 0.1) is 10.6 Å². The summed E-state index contributed by atoms with van der Waals surface area (Å²) in [5.74, 6) is 0.628. The highest BCUT2D eigenvalue weighted by molar-refractivity contribution is 7.89. The first-order valence-electron chi connectivity index (χ1n) is 6.47. The molecular formula is C15H18N2O3S. The van der Waals surface area contributed by atoms with E-state index >= 15 is 0 Å². The molecule has 0 aliphatic heterocycles. The number of primary sulfonamides is 1. The summed E-state index contributed by atoms with van der Waals surface area (Å²) in [6.45, 7) is 5.77. The predicted octanol–water partition coefficient (Wildman–Crippen LogP) is 2.23.